The molecule has 17 heteroatoms. The van der Waals surface area contributed by atoms with Crippen molar-refractivity contribution in [2.24, 2.45) is 0 Å². The van der Waals surface area contributed by atoms with Gasteiger partial charge in [0, 0.05) is 36.9 Å². The minimum atomic E-state index is -5.24. The zero-order chi connectivity index (χ0) is 30.2. The summed E-state index contributed by atoms with van der Waals surface area (Å²) in [6.07, 6.45) is -2.93. The largest absolute Gasteiger partial charge is 0.471 e. The van der Waals surface area contributed by atoms with Gasteiger partial charge >= 0.3 is 12.1 Å². The summed E-state index contributed by atoms with van der Waals surface area (Å²) in [5.41, 5.74) is -0.453. The Labute approximate surface area is 246 Å². The van der Waals surface area contributed by atoms with E-state index in [1.54, 1.807) is 0 Å². The number of benzene rings is 2. The second kappa shape index (κ2) is 12.2. The summed E-state index contributed by atoms with van der Waals surface area (Å²) < 4.78 is 99.6. The first kappa shape index (κ1) is 31.8. The molecular formula is C26H21ClF5N5O5S. The van der Waals surface area contributed by atoms with Gasteiger partial charge in [0.25, 0.3) is 5.91 Å². The Morgan fingerprint density at radius 2 is 1.67 bits per heavy atom. The molecule has 2 aromatic heterocycles. The molecule has 2 amide bonds. The maximum absolute atomic E-state index is 13.7. The van der Waals surface area contributed by atoms with Gasteiger partial charge in [0.2, 0.25) is 9.84 Å². The first-order chi connectivity index (χ1) is 19.9. The molecule has 1 aliphatic rings. The number of pyridine rings is 1. The average molecular weight is 646 g/mol. The van der Waals surface area contributed by atoms with Crippen molar-refractivity contribution in [2.75, 3.05) is 23.4 Å². The predicted octanol–water partition coefficient (Wildman–Crippen LogP) is 4.82. The van der Waals surface area contributed by atoms with Crippen molar-refractivity contribution in [2.45, 2.75) is 34.9 Å². The molecule has 10 nitrogen and oxygen atoms in total. The van der Waals surface area contributed by atoms with Gasteiger partial charge in [-0.05, 0) is 49.2 Å². The number of ether oxygens (including phenoxy) is 1. The third-order valence-corrected chi connectivity index (χ3v) is 8.28. The molecule has 2 aromatic carbocycles. The topological polar surface area (TPSA) is 134 Å². The molecule has 0 bridgehead atoms. The lowest BCUT2D eigenvalue weighted by Gasteiger charge is -2.35. The van der Waals surface area contributed by atoms with E-state index in [1.165, 1.54) is 12.1 Å². The van der Waals surface area contributed by atoms with Crippen molar-refractivity contribution in [1.82, 2.24) is 15.2 Å². The van der Waals surface area contributed by atoms with E-state index in [0.717, 1.165) is 24.5 Å². The van der Waals surface area contributed by atoms with Gasteiger partial charge in [0.1, 0.15) is 11.6 Å². The number of alkyl halides is 3. The van der Waals surface area contributed by atoms with Crippen LogP contribution in [0.1, 0.15) is 23.2 Å². The third-order valence-electron chi connectivity index (χ3n) is 6.54. The number of aromatic amines is 1. The molecule has 0 saturated carbocycles. The first-order valence-corrected chi connectivity index (χ1v) is 13.8. The predicted molar refractivity (Wildman–Crippen MR) is 145 cm³/mol. The van der Waals surface area contributed by atoms with Crippen LogP contribution in [0.3, 0.4) is 0 Å². The van der Waals surface area contributed by atoms with Crippen LogP contribution in [0, 0.1) is 11.6 Å². The minimum Gasteiger partial charge on any atom is -0.381 e. The van der Waals surface area contributed by atoms with Gasteiger partial charge in [-0.15, -0.1) is 12.4 Å². The second-order valence-electron chi connectivity index (χ2n) is 9.25. The van der Waals surface area contributed by atoms with Gasteiger partial charge in [-0.25, -0.2) is 17.2 Å². The zero-order valence-electron chi connectivity index (χ0n) is 21.7. The van der Waals surface area contributed by atoms with Crippen LogP contribution in [-0.2, 0) is 19.4 Å². The van der Waals surface area contributed by atoms with E-state index in [1.807, 2.05) is 0 Å². The molecule has 3 heterocycles. The monoisotopic (exact) mass is 645 g/mol. The lowest BCUT2D eigenvalue weighted by atomic mass is 10.0. The summed E-state index contributed by atoms with van der Waals surface area (Å²) in [4.78, 5) is 29.2. The molecule has 43 heavy (non-hydrogen) atoms. The fourth-order valence-corrected chi connectivity index (χ4v) is 5.90. The number of nitrogens with zero attached hydrogens (tertiary/aromatic N) is 3. The number of halogens is 6. The van der Waals surface area contributed by atoms with E-state index in [2.05, 4.69) is 20.5 Å². The summed E-state index contributed by atoms with van der Waals surface area (Å²) in [6.45, 7) is 0.224. The number of H-pyrrole nitrogens is 1. The number of hydrogen-bond donors (Lipinski definition) is 2. The number of carbonyl (C=O) groups excluding carboxylic acids is 2. The van der Waals surface area contributed by atoms with Gasteiger partial charge in [0.15, 0.2) is 5.82 Å². The highest BCUT2D eigenvalue weighted by molar-refractivity contribution is 7.91. The Morgan fingerprint density at radius 1 is 1.00 bits per heavy atom. The van der Waals surface area contributed by atoms with Crippen LogP contribution >= 0.6 is 12.4 Å². The molecule has 4 aromatic rings. The van der Waals surface area contributed by atoms with Crippen LogP contribution in [-0.4, -0.2) is 60.8 Å². The quantitative estimate of drug-likeness (QED) is 0.287. The first-order valence-electron chi connectivity index (χ1n) is 12.3. The lowest BCUT2D eigenvalue weighted by Crippen LogP contribution is -2.50. The highest BCUT2D eigenvalue weighted by Gasteiger charge is 2.46. The highest BCUT2D eigenvalue weighted by Crippen LogP contribution is 2.33. The number of fused-ring (bicyclic) bond motifs is 1. The molecule has 1 fully saturated rings. The molecule has 1 aliphatic heterocycles. The van der Waals surface area contributed by atoms with E-state index < -0.39 is 50.4 Å². The molecule has 5 rings (SSSR count). The van der Waals surface area contributed by atoms with E-state index in [9.17, 15) is 40.0 Å². The number of rotatable bonds is 6. The molecule has 0 radical (unpaired) electrons. The molecule has 1 saturated heterocycles. The smallest absolute Gasteiger partial charge is 0.381 e. The SMILES string of the molecule is Cl.O=C(Nc1n[nH]c2ccc(S(=O)(=O)c3cc(F)cc(F)c3)cc12)c1ccncc1N(C(=O)C(F)(F)F)C1CCOCC1. The van der Waals surface area contributed by atoms with Crippen LogP contribution < -0.4 is 10.2 Å². The number of aromatic nitrogens is 3. The molecule has 228 valence electrons. The Bertz CT molecular complexity index is 1770. The van der Waals surface area contributed by atoms with Crippen LogP contribution in [0.2, 0.25) is 0 Å². The maximum Gasteiger partial charge on any atom is 0.471 e. The average Bonchev–Trinajstić information content (AvgIpc) is 3.35. The Morgan fingerprint density at radius 3 is 2.33 bits per heavy atom. The lowest BCUT2D eigenvalue weighted by molar-refractivity contribution is -0.171. The van der Waals surface area contributed by atoms with E-state index in [4.69, 9.17) is 4.74 Å². The highest BCUT2D eigenvalue weighted by atomic mass is 35.5. The number of sulfone groups is 1. The van der Waals surface area contributed by atoms with Gasteiger partial charge in [-0.2, -0.15) is 18.3 Å². The normalized spacial score (nSPS) is 14.3. The summed E-state index contributed by atoms with van der Waals surface area (Å²) >= 11 is 0. The zero-order valence-corrected chi connectivity index (χ0v) is 23.3. The number of amides is 2. The summed E-state index contributed by atoms with van der Waals surface area (Å²) in [5, 5.41) is 9.05. The Balaban J connectivity index is 0.00000423. The third kappa shape index (κ3) is 6.45. The molecule has 0 aliphatic carbocycles. The van der Waals surface area contributed by atoms with Crippen LogP contribution in [0.4, 0.5) is 33.5 Å². The Kier molecular flexibility index (Phi) is 9.03. The van der Waals surface area contributed by atoms with Gasteiger partial charge < -0.3 is 10.1 Å². The van der Waals surface area contributed by atoms with Crippen molar-refractivity contribution in [3.8, 4) is 0 Å². The van der Waals surface area contributed by atoms with E-state index in [0.29, 0.717) is 23.1 Å². The van der Waals surface area contributed by atoms with Crippen molar-refractivity contribution >= 4 is 56.5 Å². The molecule has 0 spiro atoms. The van der Waals surface area contributed by atoms with Crippen LogP contribution in [0.15, 0.2) is 64.6 Å². The van der Waals surface area contributed by atoms with Crippen LogP contribution in [0.25, 0.3) is 10.9 Å². The fraction of sp³-hybridized carbons (Fsp3) is 0.231. The van der Waals surface area contributed by atoms with E-state index in [-0.39, 0.29) is 71.3 Å². The summed E-state index contributed by atoms with van der Waals surface area (Å²) in [6, 6.07) is 5.62. The van der Waals surface area contributed by atoms with Crippen molar-refractivity contribution < 1.29 is 44.7 Å². The van der Waals surface area contributed by atoms with Gasteiger partial charge in [-0.1, -0.05) is 0 Å². The minimum absolute atomic E-state index is 0. The number of hydrogen-bond acceptors (Lipinski definition) is 7. The van der Waals surface area contributed by atoms with Crippen molar-refractivity contribution in [3.63, 3.8) is 0 Å². The number of carbonyl (C=O) groups is 2. The maximum atomic E-state index is 13.7. The molecule has 0 atom stereocenters. The fourth-order valence-electron chi connectivity index (χ4n) is 4.57. The molecular weight excluding hydrogens is 625 g/mol. The summed E-state index contributed by atoms with van der Waals surface area (Å²) in [7, 11) is -4.41. The number of anilines is 2. The van der Waals surface area contributed by atoms with E-state index >= 15 is 0 Å². The summed E-state index contributed by atoms with van der Waals surface area (Å²) in [5.74, 6) is -5.53. The molecule has 0 unspecified atom stereocenters. The Hall–Kier alpha value is -4.15. The van der Waals surface area contributed by atoms with Crippen molar-refractivity contribution in [3.05, 3.63) is 72.1 Å². The van der Waals surface area contributed by atoms with Crippen LogP contribution in [0.5, 0.6) is 0 Å². The van der Waals surface area contributed by atoms with Gasteiger partial charge in [0.05, 0.1) is 32.8 Å². The van der Waals surface area contributed by atoms with Gasteiger partial charge in [-0.3, -0.25) is 24.6 Å². The standard InChI is InChI=1S/C26H20F5N5O5S.ClH/c27-14-9-15(28)11-18(10-14)42(39,40)17-1-2-21-20(12-17)23(35-34-21)33-24(37)19-3-6-32-13-22(19)36(25(38)26(29,30)31)16-4-7-41-8-5-16;/h1-3,6,9-13,16H,4-5,7-8H2,(H2,33,34,35,37);1H. The number of nitrogens with one attached hydrogen (secondary N) is 2. The second-order valence-corrected chi connectivity index (χ2v) is 11.2. The molecule has 2 N–H and O–H groups in total. The van der Waals surface area contributed by atoms with Crippen molar-refractivity contribution in [1.29, 1.82) is 0 Å².